The van der Waals surface area contributed by atoms with Crippen LogP contribution in [0.25, 0.3) is 21.1 Å². The van der Waals surface area contributed by atoms with Crippen molar-refractivity contribution in [3.05, 3.63) is 69.7 Å². The molecule has 1 atom stereocenters. The van der Waals surface area contributed by atoms with E-state index in [1.165, 1.54) is 0 Å². The van der Waals surface area contributed by atoms with Crippen LogP contribution in [0, 0.1) is 0 Å². The summed E-state index contributed by atoms with van der Waals surface area (Å²) in [6.07, 6.45) is 1.59. The third-order valence-corrected chi connectivity index (χ3v) is 6.67. The lowest BCUT2D eigenvalue weighted by atomic mass is 10.2. The molecule has 0 aliphatic rings. The highest BCUT2D eigenvalue weighted by Crippen LogP contribution is 2.21. The molecular formula is C24H27N5O2S. The van der Waals surface area contributed by atoms with Crippen molar-refractivity contribution in [3.8, 4) is 0 Å². The molecule has 0 fully saturated rings. The topological polar surface area (TPSA) is 91.0 Å². The van der Waals surface area contributed by atoms with Crippen LogP contribution in [0.2, 0.25) is 0 Å². The molecule has 0 saturated carbocycles. The number of carbonyl (C=O) groups is 1. The monoisotopic (exact) mass is 449 g/mol. The molecule has 0 aliphatic heterocycles. The Bertz CT molecular complexity index is 1250. The molecule has 2 heterocycles. The number of hydrogen-bond acceptors (Lipinski definition) is 6. The number of fused-ring (bicyclic) bond motifs is 2. The standard InChI is InChI=1S/C24H27N5O2S/c1-3-16(2)29(14-21-26-18-9-5-4-8-17(18)24(31)28-21)15-22(30)25-13-12-23-27-19-10-6-7-11-20(19)32-23/h4-11,16H,3,12-15H2,1-2H3,(H,25,30)(H,26,28,31). The van der Waals surface area contributed by atoms with Gasteiger partial charge in [0, 0.05) is 19.0 Å². The second-order valence-electron chi connectivity index (χ2n) is 7.87. The first-order valence-electron chi connectivity index (χ1n) is 10.9. The maximum atomic E-state index is 12.6. The number of thiazole rings is 1. The number of nitrogens with zero attached hydrogens (tertiary/aromatic N) is 3. The maximum absolute atomic E-state index is 12.6. The minimum Gasteiger partial charge on any atom is -0.355 e. The van der Waals surface area contributed by atoms with Gasteiger partial charge in [-0.05, 0) is 37.6 Å². The normalized spacial score (nSPS) is 12.5. The third kappa shape index (κ3) is 5.20. The van der Waals surface area contributed by atoms with E-state index in [1.54, 1.807) is 17.4 Å². The highest BCUT2D eigenvalue weighted by Gasteiger charge is 2.18. The van der Waals surface area contributed by atoms with E-state index in [2.05, 4.69) is 40.2 Å². The molecular weight excluding hydrogens is 422 g/mol. The van der Waals surface area contributed by atoms with Crippen molar-refractivity contribution >= 4 is 38.4 Å². The van der Waals surface area contributed by atoms with Crippen molar-refractivity contribution in [2.24, 2.45) is 0 Å². The minimum atomic E-state index is -0.157. The Kier molecular flexibility index (Phi) is 6.92. The number of carbonyl (C=O) groups excluding carboxylic acids is 1. The Morgan fingerprint density at radius 3 is 2.66 bits per heavy atom. The number of H-pyrrole nitrogens is 1. The van der Waals surface area contributed by atoms with Crippen molar-refractivity contribution in [2.75, 3.05) is 13.1 Å². The Balaban J connectivity index is 1.37. The van der Waals surface area contributed by atoms with E-state index in [4.69, 9.17) is 0 Å². The predicted molar refractivity (Wildman–Crippen MR) is 129 cm³/mol. The summed E-state index contributed by atoms with van der Waals surface area (Å²) in [5, 5.41) is 4.59. The number of nitrogens with one attached hydrogen (secondary N) is 2. The number of aromatic nitrogens is 3. The number of benzene rings is 2. The molecule has 8 heteroatoms. The van der Waals surface area contributed by atoms with E-state index in [0.717, 1.165) is 21.6 Å². The molecule has 0 radical (unpaired) electrons. The summed E-state index contributed by atoms with van der Waals surface area (Å²) in [5.74, 6) is 0.519. The van der Waals surface area contributed by atoms with Gasteiger partial charge in [0.1, 0.15) is 5.82 Å². The average Bonchev–Trinajstić information content (AvgIpc) is 3.21. The zero-order valence-corrected chi connectivity index (χ0v) is 19.1. The van der Waals surface area contributed by atoms with Gasteiger partial charge >= 0.3 is 0 Å². The SMILES string of the molecule is CCC(C)N(CC(=O)NCCc1nc2ccccc2s1)Cc1nc2ccccc2c(=O)[nH]1. The lowest BCUT2D eigenvalue weighted by molar-refractivity contribution is -0.122. The zero-order valence-electron chi connectivity index (χ0n) is 18.3. The van der Waals surface area contributed by atoms with E-state index in [-0.39, 0.29) is 24.1 Å². The van der Waals surface area contributed by atoms with Crippen molar-refractivity contribution in [2.45, 2.75) is 39.3 Å². The van der Waals surface area contributed by atoms with Crippen molar-refractivity contribution in [1.82, 2.24) is 25.2 Å². The molecule has 1 amide bonds. The van der Waals surface area contributed by atoms with Crippen LogP contribution in [0.5, 0.6) is 0 Å². The summed E-state index contributed by atoms with van der Waals surface area (Å²) in [4.78, 5) is 39.1. The molecule has 4 aromatic rings. The largest absolute Gasteiger partial charge is 0.355 e. The van der Waals surface area contributed by atoms with E-state index in [1.807, 2.05) is 41.3 Å². The van der Waals surface area contributed by atoms with Crippen LogP contribution in [0.4, 0.5) is 0 Å². The summed E-state index contributed by atoms with van der Waals surface area (Å²) in [6, 6.07) is 15.5. The van der Waals surface area contributed by atoms with Gasteiger partial charge in [-0.25, -0.2) is 9.97 Å². The Morgan fingerprint density at radius 1 is 1.12 bits per heavy atom. The molecule has 1 unspecified atom stereocenters. The minimum absolute atomic E-state index is 0.0467. The highest BCUT2D eigenvalue weighted by atomic mass is 32.1. The molecule has 7 nitrogen and oxygen atoms in total. The van der Waals surface area contributed by atoms with Crippen LogP contribution in [0.15, 0.2) is 53.3 Å². The molecule has 2 aromatic heterocycles. The molecule has 2 aromatic carbocycles. The fourth-order valence-corrected chi connectivity index (χ4v) is 4.57. The first-order valence-corrected chi connectivity index (χ1v) is 11.7. The van der Waals surface area contributed by atoms with Crippen LogP contribution >= 0.6 is 11.3 Å². The van der Waals surface area contributed by atoms with Crippen LogP contribution < -0.4 is 10.9 Å². The number of rotatable bonds is 9. The van der Waals surface area contributed by atoms with Crippen molar-refractivity contribution in [3.63, 3.8) is 0 Å². The van der Waals surface area contributed by atoms with Crippen molar-refractivity contribution < 1.29 is 4.79 Å². The molecule has 0 aliphatic carbocycles. The lowest BCUT2D eigenvalue weighted by Gasteiger charge is -2.27. The fraction of sp³-hybridized carbons (Fsp3) is 0.333. The molecule has 0 saturated heterocycles. The van der Waals surface area contributed by atoms with E-state index < -0.39 is 0 Å². The second-order valence-corrected chi connectivity index (χ2v) is 8.98. The summed E-state index contributed by atoms with van der Waals surface area (Å²) in [7, 11) is 0. The van der Waals surface area contributed by atoms with Gasteiger partial charge < -0.3 is 10.3 Å². The number of para-hydroxylation sites is 2. The Morgan fingerprint density at radius 2 is 1.88 bits per heavy atom. The molecule has 166 valence electrons. The lowest BCUT2D eigenvalue weighted by Crippen LogP contribution is -2.42. The molecule has 2 N–H and O–H groups in total. The van der Waals surface area contributed by atoms with Crippen LogP contribution in [-0.4, -0.2) is 44.9 Å². The molecule has 0 bridgehead atoms. The van der Waals surface area contributed by atoms with Gasteiger partial charge in [0.2, 0.25) is 5.91 Å². The van der Waals surface area contributed by atoms with Gasteiger partial charge in [-0.15, -0.1) is 11.3 Å². The van der Waals surface area contributed by atoms with E-state index >= 15 is 0 Å². The van der Waals surface area contributed by atoms with E-state index in [9.17, 15) is 9.59 Å². The van der Waals surface area contributed by atoms with E-state index in [0.29, 0.717) is 36.2 Å². The van der Waals surface area contributed by atoms with Gasteiger partial charge in [-0.2, -0.15) is 0 Å². The van der Waals surface area contributed by atoms with Gasteiger partial charge in [0.25, 0.3) is 5.56 Å². The van der Waals surface area contributed by atoms with Crippen LogP contribution in [0.3, 0.4) is 0 Å². The second kappa shape index (κ2) is 10.0. The quantitative estimate of drug-likeness (QED) is 0.408. The van der Waals surface area contributed by atoms with Gasteiger partial charge in [-0.1, -0.05) is 31.2 Å². The third-order valence-electron chi connectivity index (χ3n) is 5.57. The zero-order chi connectivity index (χ0) is 22.5. The first kappa shape index (κ1) is 22.1. The van der Waals surface area contributed by atoms with Crippen molar-refractivity contribution in [1.29, 1.82) is 0 Å². The summed E-state index contributed by atoms with van der Waals surface area (Å²) in [6.45, 7) is 5.34. The number of hydrogen-bond donors (Lipinski definition) is 2. The van der Waals surface area contributed by atoms with Crippen LogP contribution in [0.1, 0.15) is 31.1 Å². The summed E-state index contributed by atoms with van der Waals surface area (Å²) in [5.41, 5.74) is 1.50. The fourth-order valence-electron chi connectivity index (χ4n) is 3.60. The van der Waals surface area contributed by atoms with Gasteiger partial charge in [0.15, 0.2) is 0 Å². The number of aromatic amines is 1. The van der Waals surface area contributed by atoms with Gasteiger partial charge in [-0.3, -0.25) is 14.5 Å². The maximum Gasteiger partial charge on any atom is 0.258 e. The first-order chi connectivity index (χ1) is 15.5. The number of amides is 1. The summed E-state index contributed by atoms with van der Waals surface area (Å²) >= 11 is 1.66. The average molecular weight is 450 g/mol. The Hall–Kier alpha value is -3.10. The summed E-state index contributed by atoms with van der Waals surface area (Å²) < 4.78 is 1.16. The smallest absolute Gasteiger partial charge is 0.258 e. The molecule has 4 rings (SSSR count). The Labute approximate surface area is 190 Å². The highest BCUT2D eigenvalue weighted by molar-refractivity contribution is 7.18. The predicted octanol–water partition coefficient (Wildman–Crippen LogP) is 3.49. The molecule has 0 spiro atoms. The van der Waals surface area contributed by atoms with Gasteiger partial charge in [0.05, 0.1) is 39.2 Å². The molecule has 32 heavy (non-hydrogen) atoms. The van der Waals surface area contributed by atoms with Crippen LogP contribution in [-0.2, 0) is 17.8 Å².